The summed E-state index contributed by atoms with van der Waals surface area (Å²) in [6.07, 6.45) is 4.36. The van der Waals surface area contributed by atoms with Crippen LogP contribution in [0.5, 0.6) is 0 Å². The van der Waals surface area contributed by atoms with Crippen molar-refractivity contribution in [2.75, 3.05) is 0 Å². The monoisotopic (exact) mass is 184 g/mol. The van der Waals surface area contributed by atoms with Crippen molar-refractivity contribution in [1.82, 2.24) is 0 Å². The molecule has 0 aliphatic carbocycles. The highest BCUT2D eigenvalue weighted by Crippen LogP contribution is 2.06. The van der Waals surface area contributed by atoms with Crippen LogP contribution >= 0.6 is 0 Å². The Kier molecular flexibility index (Phi) is 5.27. The van der Waals surface area contributed by atoms with Crippen LogP contribution in [0.2, 0.25) is 0 Å². The van der Waals surface area contributed by atoms with Gasteiger partial charge in [0.25, 0.3) is 0 Å². The van der Waals surface area contributed by atoms with Crippen molar-refractivity contribution in [3.63, 3.8) is 0 Å². The second-order valence-corrected chi connectivity index (χ2v) is 2.50. The van der Waals surface area contributed by atoms with Crippen LogP contribution in [0.4, 0.5) is 0 Å². The second-order valence-electron chi connectivity index (χ2n) is 2.50. The summed E-state index contributed by atoms with van der Waals surface area (Å²) in [5.41, 5.74) is 0. The lowest BCUT2D eigenvalue weighted by Gasteiger charge is -2.01. The molecule has 0 fully saturated rings. The van der Waals surface area contributed by atoms with Gasteiger partial charge in [0.05, 0.1) is 12.3 Å². The van der Waals surface area contributed by atoms with Gasteiger partial charge in [-0.3, -0.25) is 9.59 Å². The van der Waals surface area contributed by atoms with Crippen LogP contribution in [0.15, 0.2) is 24.8 Å². The van der Waals surface area contributed by atoms with Crippen LogP contribution in [0.3, 0.4) is 0 Å². The largest absolute Gasteiger partial charge is 0.481 e. The van der Waals surface area contributed by atoms with Gasteiger partial charge in [-0.05, 0) is 6.42 Å². The molecule has 0 bridgehead atoms. The summed E-state index contributed by atoms with van der Waals surface area (Å²) < 4.78 is 0. The van der Waals surface area contributed by atoms with E-state index in [1.54, 1.807) is 0 Å². The first-order valence-corrected chi connectivity index (χ1v) is 3.80. The average molecular weight is 184 g/mol. The summed E-state index contributed by atoms with van der Waals surface area (Å²) in [7, 11) is 0. The SMILES string of the molecule is C=CCC(C=CCC(=O)O)C(=O)O. The fraction of sp³-hybridized carbons (Fsp3) is 0.333. The summed E-state index contributed by atoms with van der Waals surface area (Å²) >= 11 is 0. The Morgan fingerprint density at radius 1 is 1.38 bits per heavy atom. The Hall–Kier alpha value is -1.58. The third kappa shape index (κ3) is 5.66. The van der Waals surface area contributed by atoms with E-state index >= 15 is 0 Å². The molecule has 1 unspecified atom stereocenters. The molecule has 1 atom stereocenters. The first-order valence-electron chi connectivity index (χ1n) is 3.80. The van der Waals surface area contributed by atoms with E-state index in [4.69, 9.17) is 10.2 Å². The fourth-order valence-electron chi connectivity index (χ4n) is 0.774. The smallest absolute Gasteiger partial charge is 0.310 e. The molecule has 0 aliphatic rings. The predicted molar refractivity (Wildman–Crippen MR) is 47.3 cm³/mol. The van der Waals surface area contributed by atoms with Crippen molar-refractivity contribution in [2.45, 2.75) is 12.8 Å². The van der Waals surface area contributed by atoms with Crippen molar-refractivity contribution < 1.29 is 19.8 Å². The van der Waals surface area contributed by atoms with E-state index in [1.165, 1.54) is 18.2 Å². The van der Waals surface area contributed by atoms with E-state index in [-0.39, 0.29) is 6.42 Å². The minimum Gasteiger partial charge on any atom is -0.481 e. The van der Waals surface area contributed by atoms with Crippen molar-refractivity contribution in [1.29, 1.82) is 0 Å². The van der Waals surface area contributed by atoms with E-state index in [1.807, 2.05) is 0 Å². The van der Waals surface area contributed by atoms with E-state index in [0.717, 1.165) is 0 Å². The number of aliphatic carboxylic acids is 2. The van der Waals surface area contributed by atoms with Gasteiger partial charge in [-0.1, -0.05) is 18.2 Å². The summed E-state index contributed by atoms with van der Waals surface area (Å²) in [6.45, 7) is 3.41. The quantitative estimate of drug-likeness (QED) is 0.610. The van der Waals surface area contributed by atoms with Gasteiger partial charge in [0.2, 0.25) is 0 Å². The lowest BCUT2D eigenvalue weighted by molar-refractivity contribution is -0.140. The number of carbonyl (C=O) groups is 2. The molecule has 13 heavy (non-hydrogen) atoms. The summed E-state index contributed by atoms with van der Waals surface area (Å²) in [5.74, 6) is -2.61. The fourth-order valence-corrected chi connectivity index (χ4v) is 0.774. The van der Waals surface area contributed by atoms with Crippen LogP contribution in [0, 0.1) is 5.92 Å². The number of allylic oxidation sites excluding steroid dienone is 1. The van der Waals surface area contributed by atoms with Crippen LogP contribution in [0.25, 0.3) is 0 Å². The Morgan fingerprint density at radius 3 is 2.38 bits per heavy atom. The molecule has 0 aromatic rings. The lowest BCUT2D eigenvalue weighted by atomic mass is 10.1. The summed E-state index contributed by atoms with van der Waals surface area (Å²) in [5, 5.41) is 16.9. The van der Waals surface area contributed by atoms with E-state index in [9.17, 15) is 9.59 Å². The summed E-state index contributed by atoms with van der Waals surface area (Å²) in [6, 6.07) is 0. The molecule has 0 rings (SSSR count). The van der Waals surface area contributed by atoms with Gasteiger partial charge >= 0.3 is 11.9 Å². The molecule has 0 aromatic heterocycles. The molecule has 0 radical (unpaired) electrons. The topological polar surface area (TPSA) is 74.6 Å². The molecular weight excluding hydrogens is 172 g/mol. The highest BCUT2D eigenvalue weighted by molar-refractivity contribution is 5.73. The number of rotatable bonds is 6. The van der Waals surface area contributed by atoms with Gasteiger partial charge in [-0.25, -0.2) is 0 Å². The number of carboxylic acids is 2. The molecule has 4 heteroatoms. The Bertz CT molecular complexity index is 230. The highest BCUT2D eigenvalue weighted by atomic mass is 16.4. The summed E-state index contributed by atoms with van der Waals surface area (Å²) in [4.78, 5) is 20.6. The van der Waals surface area contributed by atoms with Crippen molar-refractivity contribution in [3.05, 3.63) is 24.8 Å². The van der Waals surface area contributed by atoms with Crippen LogP contribution in [0.1, 0.15) is 12.8 Å². The van der Waals surface area contributed by atoms with Crippen molar-refractivity contribution >= 4 is 11.9 Å². The average Bonchev–Trinajstić information content (AvgIpc) is 2.02. The zero-order valence-corrected chi connectivity index (χ0v) is 7.14. The second kappa shape index (κ2) is 5.99. The van der Waals surface area contributed by atoms with E-state index < -0.39 is 17.9 Å². The molecule has 0 aliphatic heterocycles. The molecule has 0 spiro atoms. The first-order chi connectivity index (χ1) is 6.07. The van der Waals surface area contributed by atoms with Crippen LogP contribution in [-0.2, 0) is 9.59 Å². The van der Waals surface area contributed by atoms with Crippen LogP contribution in [-0.4, -0.2) is 22.2 Å². The maximum absolute atomic E-state index is 10.5. The Labute approximate surface area is 76.2 Å². The predicted octanol–water partition coefficient (Wildman–Crippen LogP) is 1.29. The zero-order chi connectivity index (χ0) is 10.3. The Morgan fingerprint density at radius 2 is 2.00 bits per heavy atom. The van der Waals surface area contributed by atoms with E-state index in [2.05, 4.69) is 6.58 Å². The van der Waals surface area contributed by atoms with Gasteiger partial charge in [0, 0.05) is 0 Å². The van der Waals surface area contributed by atoms with Gasteiger partial charge in [0.1, 0.15) is 0 Å². The molecule has 72 valence electrons. The molecule has 2 N–H and O–H groups in total. The third-order valence-electron chi connectivity index (χ3n) is 1.40. The van der Waals surface area contributed by atoms with Gasteiger partial charge in [0.15, 0.2) is 0 Å². The molecule has 4 nitrogen and oxygen atoms in total. The molecular formula is C9H12O4. The number of hydrogen-bond donors (Lipinski definition) is 2. The first kappa shape index (κ1) is 11.4. The minimum atomic E-state index is -0.973. The maximum Gasteiger partial charge on any atom is 0.310 e. The molecule has 0 heterocycles. The lowest BCUT2D eigenvalue weighted by Crippen LogP contribution is -2.09. The molecule has 0 aromatic carbocycles. The molecule has 0 saturated heterocycles. The Balaban J connectivity index is 4.08. The van der Waals surface area contributed by atoms with Gasteiger partial charge in [-0.15, -0.1) is 6.58 Å². The maximum atomic E-state index is 10.5. The molecule has 0 saturated carbocycles. The normalized spacial score (nSPS) is 12.6. The minimum absolute atomic E-state index is 0.152. The van der Waals surface area contributed by atoms with Crippen LogP contribution < -0.4 is 0 Å². The zero-order valence-electron chi connectivity index (χ0n) is 7.14. The van der Waals surface area contributed by atoms with Crippen molar-refractivity contribution in [2.24, 2.45) is 5.92 Å². The van der Waals surface area contributed by atoms with E-state index in [0.29, 0.717) is 6.42 Å². The molecule has 0 amide bonds. The van der Waals surface area contributed by atoms with Gasteiger partial charge < -0.3 is 10.2 Å². The third-order valence-corrected chi connectivity index (χ3v) is 1.40. The highest BCUT2D eigenvalue weighted by Gasteiger charge is 2.10. The van der Waals surface area contributed by atoms with Crippen molar-refractivity contribution in [3.8, 4) is 0 Å². The number of hydrogen-bond acceptors (Lipinski definition) is 2. The standard InChI is InChI=1S/C9H12O4/c1-2-4-7(9(12)13)5-3-6-8(10)11/h2-3,5,7H,1,4,6H2,(H,10,11)(H,12,13). The van der Waals surface area contributed by atoms with Gasteiger partial charge in [-0.2, -0.15) is 0 Å². The number of carboxylic acid groups (broad SMARTS) is 2.